The van der Waals surface area contributed by atoms with E-state index in [4.69, 9.17) is 12.2 Å². The van der Waals surface area contributed by atoms with Gasteiger partial charge in [0.1, 0.15) is 0 Å². The van der Waals surface area contributed by atoms with Crippen molar-refractivity contribution in [2.24, 2.45) is 10.4 Å². The van der Waals surface area contributed by atoms with E-state index in [1.165, 1.54) is 19.3 Å². The highest BCUT2D eigenvalue weighted by Crippen LogP contribution is 2.45. The summed E-state index contributed by atoms with van der Waals surface area (Å²) >= 11 is 4.69. The van der Waals surface area contributed by atoms with Crippen LogP contribution in [0.4, 0.5) is 0 Å². The fraction of sp³-hybridized carbons (Fsp3) is 0.900. The molecular formula is C10H17NS. The van der Waals surface area contributed by atoms with E-state index >= 15 is 0 Å². The summed E-state index contributed by atoms with van der Waals surface area (Å²) in [6, 6.07) is 0. The molecule has 2 heteroatoms. The maximum Gasteiger partial charge on any atom is 0.0733 e. The van der Waals surface area contributed by atoms with Crippen molar-refractivity contribution >= 4 is 17.4 Å². The molecule has 1 unspecified atom stereocenters. The molecule has 0 radical (unpaired) electrons. The van der Waals surface area contributed by atoms with Crippen LogP contribution < -0.4 is 0 Å². The molecule has 1 aliphatic carbocycles. The van der Waals surface area contributed by atoms with Gasteiger partial charge in [-0.15, -0.1) is 0 Å². The molecule has 1 nitrogen and oxygen atoms in total. The van der Waals surface area contributed by atoms with Gasteiger partial charge in [-0.05, 0) is 37.4 Å². The first-order valence-electron chi connectivity index (χ1n) is 4.61. The highest BCUT2D eigenvalue weighted by Gasteiger charge is 2.42. The van der Waals surface area contributed by atoms with Gasteiger partial charge in [0.05, 0.1) is 10.7 Å². The van der Waals surface area contributed by atoms with Crippen LogP contribution in [-0.4, -0.2) is 10.7 Å². The van der Waals surface area contributed by atoms with E-state index in [1.807, 2.05) is 0 Å². The molecule has 1 rings (SSSR count). The van der Waals surface area contributed by atoms with Gasteiger partial charge in [-0.3, -0.25) is 0 Å². The van der Waals surface area contributed by atoms with Gasteiger partial charge in [-0.1, -0.05) is 26.7 Å². The lowest BCUT2D eigenvalue weighted by Gasteiger charge is -2.44. The summed E-state index contributed by atoms with van der Waals surface area (Å²) in [7, 11) is 0. The number of aliphatic imine (C=N–C) groups is 1. The van der Waals surface area contributed by atoms with Crippen molar-refractivity contribution in [2.75, 3.05) is 0 Å². The molecule has 0 aromatic heterocycles. The average molecular weight is 183 g/mol. The minimum atomic E-state index is 0.0347. The van der Waals surface area contributed by atoms with Gasteiger partial charge in [0.15, 0.2) is 0 Å². The molecule has 0 bridgehead atoms. The Labute approximate surface area is 80.3 Å². The van der Waals surface area contributed by atoms with E-state index in [2.05, 4.69) is 30.9 Å². The third kappa shape index (κ3) is 1.60. The molecule has 1 saturated carbocycles. The molecule has 0 aromatic carbocycles. The van der Waals surface area contributed by atoms with Crippen molar-refractivity contribution in [2.45, 2.75) is 52.0 Å². The molecular weight excluding hydrogens is 166 g/mol. The summed E-state index contributed by atoms with van der Waals surface area (Å²) in [5, 5.41) is 2.54. The van der Waals surface area contributed by atoms with Crippen LogP contribution in [0.25, 0.3) is 0 Å². The Kier molecular flexibility index (Phi) is 2.70. The Bertz CT molecular complexity index is 216. The summed E-state index contributed by atoms with van der Waals surface area (Å²) in [5.41, 5.74) is 0.323. The molecule has 0 N–H and O–H groups in total. The molecule has 0 amide bonds. The second kappa shape index (κ2) is 3.27. The fourth-order valence-corrected chi connectivity index (χ4v) is 2.15. The Morgan fingerprint density at radius 1 is 1.17 bits per heavy atom. The number of thiocarbonyl (C=S) groups is 1. The van der Waals surface area contributed by atoms with E-state index < -0.39 is 0 Å². The molecule has 0 heterocycles. The number of isothiocyanates is 1. The van der Waals surface area contributed by atoms with Gasteiger partial charge in [-0.2, -0.15) is 0 Å². The Morgan fingerprint density at radius 3 is 2.25 bits per heavy atom. The number of hydrogen-bond acceptors (Lipinski definition) is 2. The topological polar surface area (TPSA) is 12.4 Å². The Balaban J connectivity index is 2.91. The van der Waals surface area contributed by atoms with Crippen LogP contribution in [0.1, 0.15) is 46.5 Å². The highest BCUT2D eigenvalue weighted by atomic mass is 32.1. The number of rotatable bonds is 1. The van der Waals surface area contributed by atoms with E-state index in [-0.39, 0.29) is 11.0 Å². The molecule has 0 spiro atoms. The average Bonchev–Trinajstić information content (AvgIpc) is 1.96. The van der Waals surface area contributed by atoms with Crippen molar-refractivity contribution in [1.29, 1.82) is 0 Å². The lowest BCUT2D eigenvalue weighted by molar-refractivity contribution is 0.119. The standard InChI is InChI=1S/C10H17NS/c1-9(2)6-4-5-7-10(9,3)11-8-12/h4-7H2,1-3H3. The second-order valence-corrected chi connectivity index (χ2v) is 4.75. The third-order valence-corrected chi connectivity index (χ3v) is 3.56. The monoisotopic (exact) mass is 183 g/mol. The molecule has 1 aliphatic rings. The van der Waals surface area contributed by atoms with Crippen LogP contribution in [0.3, 0.4) is 0 Å². The van der Waals surface area contributed by atoms with Crippen LogP contribution in [-0.2, 0) is 0 Å². The zero-order valence-electron chi connectivity index (χ0n) is 8.18. The third-order valence-electron chi connectivity index (χ3n) is 3.47. The quantitative estimate of drug-likeness (QED) is 0.448. The van der Waals surface area contributed by atoms with Crippen molar-refractivity contribution in [1.82, 2.24) is 0 Å². The summed E-state index contributed by atoms with van der Waals surface area (Å²) in [6.07, 6.45) is 5.02. The predicted molar refractivity (Wildman–Crippen MR) is 55.7 cm³/mol. The van der Waals surface area contributed by atoms with Gasteiger partial charge in [0.25, 0.3) is 0 Å². The van der Waals surface area contributed by atoms with Crippen LogP contribution >= 0.6 is 12.2 Å². The van der Waals surface area contributed by atoms with Crippen LogP contribution in [0, 0.1) is 5.41 Å². The van der Waals surface area contributed by atoms with Gasteiger partial charge >= 0.3 is 0 Å². The van der Waals surface area contributed by atoms with Crippen molar-refractivity contribution in [3.63, 3.8) is 0 Å². The summed E-state index contributed by atoms with van der Waals surface area (Å²) in [6.45, 7) is 6.76. The van der Waals surface area contributed by atoms with Crippen molar-refractivity contribution in [3.8, 4) is 0 Å². The van der Waals surface area contributed by atoms with Gasteiger partial charge in [-0.25, -0.2) is 4.99 Å². The Morgan fingerprint density at radius 2 is 1.75 bits per heavy atom. The van der Waals surface area contributed by atoms with Crippen LogP contribution in [0.15, 0.2) is 4.99 Å². The molecule has 1 atom stereocenters. The predicted octanol–water partition coefficient (Wildman–Crippen LogP) is 3.45. The second-order valence-electron chi connectivity index (χ2n) is 4.57. The first-order chi connectivity index (χ1) is 5.52. The normalized spacial score (nSPS) is 33.9. The zero-order chi connectivity index (χ0) is 9.24. The molecule has 0 aliphatic heterocycles. The minimum Gasteiger partial charge on any atom is -0.226 e. The van der Waals surface area contributed by atoms with E-state index in [0.29, 0.717) is 0 Å². The van der Waals surface area contributed by atoms with E-state index in [9.17, 15) is 0 Å². The SMILES string of the molecule is CC1(C)CCCCC1(C)N=C=S. The summed E-state index contributed by atoms with van der Waals surface area (Å²) < 4.78 is 0. The van der Waals surface area contributed by atoms with Crippen molar-refractivity contribution < 1.29 is 0 Å². The van der Waals surface area contributed by atoms with E-state index in [1.54, 1.807) is 0 Å². The summed E-state index contributed by atoms with van der Waals surface area (Å²) in [5.74, 6) is 0. The molecule has 1 fully saturated rings. The molecule has 0 saturated heterocycles. The van der Waals surface area contributed by atoms with Gasteiger partial charge < -0.3 is 0 Å². The maximum atomic E-state index is 4.69. The Hall–Kier alpha value is -0.200. The van der Waals surface area contributed by atoms with Gasteiger partial charge in [0, 0.05) is 0 Å². The lowest BCUT2D eigenvalue weighted by Crippen LogP contribution is -2.42. The maximum absolute atomic E-state index is 4.69. The van der Waals surface area contributed by atoms with Crippen molar-refractivity contribution in [3.05, 3.63) is 0 Å². The minimum absolute atomic E-state index is 0.0347. The van der Waals surface area contributed by atoms with Crippen LogP contribution in [0.2, 0.25) is 0 Å². The number of hydrogen-bond donors (Lipinski definition) is 0. The first-order valence-corrected chi connectivity index (χ1v) is 5.02. The van der Waals surface area contributed by atoms with Gasteiger partial charge in [0.2, 0.25) is 0 Å². The molecule has 68 valence electrons. The van der Waals surface area contributed by atoms with Crippen LogP contribution in [0.5, 0.6) is 0 Å². The highest BCUT2D eigenvalue weighted by molar-refractivity contribution is 7.78. The van der Waals surface area contributed by atoms with E-state index in [0.717, 1.165) is 6.42 Å². The largest absolute Gasteiger partial charge is 0.226 e. The first kappa shape index (κ1) is 9.88. The summed E-state index contributed by atoms with van der Waals surface area (Å²) in [4.78, 5) is 4.33. The number of nitrogens with zero attached hydrogens (tertiary/aromatic N) is 1. The fourth-order valence-electron chi connectivity index (χ4n) is 1.95. The lowest BCUT2D eigenvalue weighted by atomic mass is 9.64. The molecule has 0 aromatic rings. The molecule has 12 heavy (non-hydrogen) atoms. The zero-order valence-corrected chi connectivity index (χ0v) is 9.00. The smallest absolute Gasteiger partial charge is 0.0733 e.